The molecule has 0 spiro atoms. The topological polar surface area (TPSA) is 32.3 Å². The van der Waals surface area contributed by atoms with E-state index in [-0.39, 0.29) is 5.91 Å². The lowest BCUT2D eigenvalue weighted by atomic mass is 10.2. The van der Waals surface area contributed by atoms with E-state index < -0.39 is 0 Å². The van der Waals surface area contributed by atoms with Gasteiger partial charge in [-0.2, -0.15) is 0 Å². The van der Waals surface area contributed by atoms with Gasteiger partial charge in [0.15, 0.2) is 5.11 Å². The number of benzene rings is 1. The van der Waals surface area contributed by atoms with Gasteiger partial charge in [0.05, 0.1) is 10.3 Å². The molecule has 1 amide bonds. The molecule has 0 aliphatic carbocycles. The van der Waals surface area contributed by atoms with E-state index in [9.17, 15) is 4.79 Å². The number of carbonyl (C=O) groups excluding carboxylic acids is 1. The van der Waals surface area contributed by atoms with Crippen LogP contribution in [0.1, 0.15) is 10.4 Å². The van der Waals surface area contributed by atoms with Crippen molar-refractivity contribution >= 4 is 68.2 Å². The number of halogens is 2. The first kappa shape index (κ1) is 15.7. The van der Waals surface area contributed by atoms with Gasteiger partial charge in [-0.1, -0.05) is 29.8 Å². The Morgan fingerprint density at radius 3 is 2.77 bits per heavy atom. The van der Waals surface area contributed by atoms with Crippen molar-refractivity contribution in [2.24, 2.45) is 0 Å². The highest BCUT2D eigenvalue weighted by Crippen LogP contribution is 2.26. The van der Waals surface area contributed by atoms with Crippen molar-refractivity contribution < 1.29 is 4.79 Å². The minimum Gasteiger partial charge on any atom is -0.328 e. The first-order chi connectivity index (χ1) is 10.5. The van der Waals surface area contributed by atoms with E-state index in [1.165, 1.54) is 4.90 Å². The molecule has 2 aromatic rings. The maximum atomic E-state index is 12.5. The molecule has 3 nitrogen and oxygen atoms in total. The Hall–Kier alpha value is -1.21. The van der Waals surface area contributed by atoms with Crippen molar-refractivity contribution in [3.63, 3.8) is 0 Å². The molecule has 1 aromatic carbocycles. The zero-order valence-corrected chi connectivity index (χ0v) is 15.2. The second-order valence-electron chi connectivity index (χ2n) is 4.61. The minimum atomic E-state index is -0.144. The van der Waals surface area contributed by atoms with Gasteiger partial charge in [0.1, 0.15) is 5.70 Å². The summed E-state index contributed by atoms with van der Waals surface area (Å²) in [7, 11) is 0. The number of nitrogens with one attached hydrogen (secondary N) is 1. The Morgan fingerprint density at radius 2 is 2.09 bits per heavy atom. The smallest absolute Gasteiger partial charge is 0.276 e. The molecule has 0 unspecified atom stereocenters. The number of thiophene rings is 1. The van der Waals surface area contributed by atoms with E-state index in [4.69, 9.17) is 23.8 Å². The fourth-order valence-corrected chi connectivity index (χ4v) is 3.88. The van der Waals surface area contributed by atoms with E-state index in [1.54, 1.807) is 23.5 Å². The van der Waals surface area contributed by atoms with E-state index in [0.29, 0.717) is 22.4 Å². The predicted molar refractivity (Wildman–Crippen MR) is 97.7 cm³/mol. The first-order valence-corrected chi connectivity index (χ1v) is 8.77. The summed E-state index contributed by atoms with van der Waals surface area (Å²) in [5.74, 6) is -0.144. The Kier molecular flexibility index (Phi) is 4.63. The molecule has 2 heterocycles. The predicted octanol–water partition coefficient (Wildman–Crippen LogP) is 4.42. The molecule has 1 fully saturated rings. The summed E-state index contributed by atoms with van der Waals surface area (Å²) in [4.78, 5) is 15.0. The van der Waals surface area contributed by atoms with Gasteiger partial charge >= 0.3 is 0 Å². The third-order valence-electron chi connectivity index (χ3n) is 3.13. The van der Waals surface area contributed by atoms with Crippen LogP contribution in [0.2, 0.25) is 5.02 Å². The summed E-state index contributed by atoms with van der Waals surface area (Å²) in [6.07, 6.45) is 1.80. The summed E-state index contributed by atoms with van der Waals surface area (Å²) in [5, 5.41) is 3.99. The van der Waals surface area contributed by atoms with Crippen LogP contribution in [-0.4, -0.2) is 15.9 Å². The number of rotatable bonds is 3. The standard InChI is InChI=1S/C15H10BrClN2OS2/c16-13-6-5-10(22-13)7-12-14(20)19(15(21)18-12)8-9-3-1-2-4-11(9)17/h1-7H,8H2,(H,18,21)/b12-7+. The molecule has 112 valence electrons. The maximum absolute atomic E-state index is 12.5. The van der Waals surface area contributed by atoms with E-state index in [0.717, 1.165) is 14.2 Å². The molecular formula is C15H10BrClN2OS2. The summed E-state index contributed by atoms with van der Waals surface area (Å²) in [5.41, 5.74) is 1.34. The number of hydrogen-bond acceptors (Lipinski definition) is 3. The third kappa shape index (κ3) is 3.25. The summed E-state index contributed by atoms with van der Waals surface area (Å²) >= 11 is 16.4. The first-order valence-electron chi connectivity index (χ1n) is 6.38. The maximum Gasteiger partial charge on any atom is 0.276 e. The van der Waals surface area contributed by atoms with Crippen molar-refractivity contribution in [3.05, 3.63) is 61.3 Å². The van der Waals surface area contributed by atoms with Gasteiger partial charge in [-0.3, -0.25) is 9.69 Å². The molecule has 0 radical (unpaired) electrons. The van der Waals surface area contributed by atoms with Crippen LogP contribution in [0.5, 0.6) is 0 Å². The molecule has 1 N–H and O–H groups in total. The Bertz CT molecular complexity index is 787. The molecule has 22 heavy (non-hydrogen) atoms. The van der Waals surface area contributed by atoms with Crippen LogP contribution in [0.25, 0.3) is 6.08 Å². The van der Waals surface area contributed by atoms with Crippen LogP contribution in [0, 0.1) is 0 Å². The van der Waals surface area contributed by atoms with Crippen molar-refractivity contribution in [1.82, 2.24) is 10.2 Å². The van der Waals surface area contributed by atoms with Crippen LogP contribution in [0.3, 0.4) is 0 Å². The highest BCUT2D eigenvalue weighted by atomic mass is 79.9. The quantitative estimate of drug-likeness (QED) is 0.597. The zero-order valence-electron chi connectivity index (χ0n) is 11.2. The normalized spacial score (nSPS) is 16.5. The minimum absolute atomic E-state index is 0.144. The van der Waals surface area contributed by atoms with Gasteiger partial charge in [-0.15, -0.1) is 11.3 Å². The van der Waals surface area contributed by atoms with Crippen molar-refractivity contribution in [2.45, 2.75) is 6.54 Å². The Balaban J connectivity index is 1.83. The summed E-state index contributed by atoms with van der Waals surface area (Å²) in [6, 6.07) is 11.3. The van der Waals surface area contributed by atoms with Crippen molar-refractivity contribution in [2.75, 3.05) is 0 Å². The highest BCUT2D eigenvalue weighted by Gasteiger charge is 2.31. The summed E-state index contributed by atoms with van der Waals surface area (Å²) in [6.45, 7) is 0.357. The second kappa shape index (κ2) is 6.50. The van der Waals surface area contributed by atoms with Crippen LogP contribution in [0.15, 0.2) is 45.9 Å². The Labute approximate surface area is 150 Å². The van der Waals surface area contributed by atoms with E-state index >= 15 is 0 Å². The average Bonchev–Trinajstić information content (AvgIpc) is 3.00. The van der Waals surface area contributed by atoms with Gasteiger partial charge in [0.2, 0.25) is 0 Å². The van der Waals surface area contributed by atoms with Gasteiger partial charge < -0.3 is 5.32 Å². The molecule has 7 heteroatoms. The molecule has 1 saturated heterocycles. The van der Waals surface area contributed by atoms with Crippen LogP contribution >= 0.6 is 51.1 Å². The van der Waals surface area contributed by atoms with Crippen molar-refractivity contribution in [3.8, 4) is 0 Å². The van der Waals surface area contributed by atoms with Gasteiger partial charge in [-0.25, -0.2) is 0 Å². The number of carbonyl (C=O) groups is 1. The van der Waals surface area contributed by atoms with Crippen LogP contribution in [-0.2, 0) is 11.3 Å². The molecule has 0 bridgehead atoms. The highest BCUT2D eigenvalue weighted by molar-refractivity contribution is 9.11. The molecule has 0 atom stereocenters. The van der Waals surface area contributed by atoms with Crippen LogP contribution in [0.4, 0.5) is 0 Å². The molecule has 1 aliphatic rings. The average molecular weight is 414 g/mol. The molecule has 3 rings (SSSR count). The molecule has 0 saturated carbocycles. The fraction of sp³-hybridized carbons (Fsp3) is 0.0667. The zero-order chi connectivity index (χ0) is 15.7. The van der Waals surface area contributed by atoms with Gasteiger partial charge in [-0.05, 0) is 58.0 Å². The number of thiocarbonyl (C=S) groups is 1. The SMILES string of the molecule is O=C1/C(=C\c2ccc(Br)s2)NC(=S)N1Cc1ccccc1Cl. The summed E-state index contributed by atoms with van der Waals surface area (Å²) < 4.78 is 1.01. The third-order valence-corrected chi connectivity index (χ3v) is 5.39. The Morgan fingerprint density at radius 1 is 1.32 bits per heavy atom. The number of amides is 1. The van der Waals surface area contributed by atoms with E-state index in [1.807, 2.05) is 30.3 Å². The lowest BCUT2D eigenvalue weighted by molar-refractivity contribution is -0.122. The van der Waals surface area contributed by atoms with Crippen LogP contribution < -0.4 is 5.32 Å². The lowest BCUT2D eigenvalue weighted by Gasteiger charge is -2.14. The van der Waals surface area contributed by atoms with E-state index in [2.05, 4.69) is 21.2 Å². The number of nitrogens with zero attached hydrogens (tertiary/aromatic N) is 1. The lowest BCUT2D eigenvalue weighted by Crippen LogP contribution is -2.30. The monoisotopic (exact) mass is 412 g/mol. The van der Waals surface area contributed by atoms with Gasteiger partial charge in [0.25, 0.3) is 5.91 Å². The second-order valence-corrected chi connectivity index (χ2v) is 7.90. The van der Waals surface area contributed by atoms with Gasteiger partial charge in [0, 0.05) is 9.90 Å². The fourth-order valence-electron chi connectivity index (χ4n) is 2.06. The van der Waals surface area contributed by atoms with Crippen molar-refractivity contribution in [1.29, 1.82) is 0 Å². The molecule has 1 aliphatic heterocycles. The molecular weight excluding hydrogens is 404 g/mol. The largest absolute Gasteiger partial charge is 0.328 e. The number of hydrogen-bond donors (Lipinski definition) is 1. The molecule has 1 aromatic heterocycles.